The summed E-state index contributed by atoms with van der Waals surface area (Å²) in [5, 5.41) is 9.13. The summed E-state index contributed by atoms with van der Waals surface area (Å²) < 4.78 is 12.5. The first-order chi connectivity index (χ1) is 17.7. The molecule has 0 radical (unpaired) electrons. The number of nitrogens with zero attached hydrogens (tertiary/aromatic N) is 2. The number of carbonyl (C=O) groups excluding carboxylic acids is 1. The first kappa shape index (κ1) is 23.3. The van der Waals surface area contributed by atoms with Crippen LogP contribution in [0.2, 0.25) is 0 Å². The van der Waals surface area contributed by atoms with E-state index in [9.17, 15) is 4.79 Å². The van der Waals surface area contributed by atoms with Crippen molar-refractivity contribution in [3.8, 4) is 28.7 Å². The van der Waals surface area contributed by atoms with E-state index in [2.05, 4.69) is 48.3 Å². The van der Waals surface area contributed by atoms with E-state index in [1.807, 2.05) is 24.3 Å². The number of nitriles is 1. The Bertz CT molecular complexity index is 1460. The maximum atomic E-state index is 12.0. The van der Waals surface area contributed by atoms with Crippen LogP contribution in [0.5, 0.6) is 11.5 Å². The Kier molecular flexibility index (Phi) is 6.77. The molecular weight excluding hydrogens is 448 g/mol. The van der Waals surface area contributed by atoms with Crippen molar-refractivity contribution in [1.82, 2.24) is 4.98 Å². The molecule has 1 heterocycles. The smallest absolute Gasteiger partial charge is 0.154 e. The standard InChI is InChI=1S/C31H26N2O3/c1-21-25(9-5-10-26(21)24-7-3-2-4-8-24)20-36-30-14-31(29(18-34)27-11-6-12-28(27)30)35-19-23-13-22(15-32)16-33-17-23/h2-5,7-10,13-14,16-18H,6,11-12,19-20H2,1H3. The van der Waals surface area contributed by atoms with Gasteiger partial charge in [0.25, 0.3) is 0 Å². The average Bonchev–Trinajstić information content (AvgIpc) is 3.42. The fraction of sp³-hybridized carbons (Fsp3) is 0.194. The average molecular weight is 475 g/mol. The van der Waals surface area contributed by atoms with Crippen LogP contribution in [-0.4, -0.2) is 11.3 Å². The topological polar surface area (TPSA) is 72.2 Å². The van der Waals surface area contributed by atoms with E-state index in [4.69, 9.17) is 14.7 Å². The lowest BCUT2D eigenvalue weighted by atomic mass is 9.97. The fourth-order valence-electron chi connectivity index (χ4n) is 4.84. The molecule has 1 aromatic heterocycles. The van der Waals surface area contributed by atoms with Gasteiger partial charge in [-0.1, -0.05) is 48.5 Å². The highest BCUT2D eigenvalue weighted by atomic mass is 16.5. The number of hydrogen-bond donors (Lipinski definition) is 0. The molecule has 0 spiro atoms. The van der Waals surface area contributed by atoms with Crippen LogP contribution in [0.3, 0.4) is 0 Å². The molecule has 0 aliphatic heterocycles. The number of rotatable bonds is 8. The van der Waals surface area contributed by atoms with Crippen molar-refractivity contribution in [3.05, 3.63) is 112 Å². The SMILES string of the molecule is Cc1c(COc2cc(OCc3cncc(C#N)c3)c(C=O)c3c2CCC3)cccc1-c1ccccc1. The van der Waals surface area contributed by atoms with E-state index in [1.165, 1.54) is 22.9 Å². The Morgan fingerprint density at radius 2 is 1.75 bits per heavy atom. The van der Waals surface area contributed by atoms with Gasteiger partial charge in [-0.3, -0.25) is 9.78 Å². The summed E-state index contributed by atoms with van der Waals surface area (Å²) in [5.41, 5.74) is 8.59. The van der Waals surface area contributed by atoms with Gasteiger partial charge < -0.3 is 9.47 Å². The summed E-state index contributed by atoms with van der Waals surface area (Å²) >= 11 is 0. The lowest BCUT2D eigenvalue weighted by Gasteiger charge is -2.18. The highest BCUT2D eigenvalue weighted by Crippen LogP contribution is 2.39. The number of benzene rings is 3. The van der Waals surface area contributed by atoms with E-state index in [1.54, 1.807) is 12.3 Å². The highest BCUT2D eigenvalue weighted by Gasteiger charge is 2.24. The van der Waals surface area contributed by atoms with Crippen LogP contribution in [0.1, 0.15) is 50.2 Å². The molecule has 0 atom stereocenters. The number of pyridine rings is 1. The molecule has 0 amide bonds. The minimum Gasteiger partial charge on any atom is -0.488 e. The predicted molar refractivity (Wildman–Crippen MR) is 138 cm³/mol. The van der Waals surface area contributed by atoms with Gasteiger partial charge in [0.1, 0.15) is 30.8 Å². The van der Waals surface area contributed by atoms with Crippen LogP contribution in [0.4, 0.5) is 0 Å². The van der Waals surface area contributed by atoms with Crippen LogP contribution in [0, 0.1) is 18.3 Å². The van der Waals surface area contributed by atoms with Gasteiger partial charge in [-0.25, -0.2) is 0 Å². The van der Waals surface area contributed by atoms with Crippen LogP contribution in [-0.2, 0) is 26.1 Å². The second kappa shape index (κ2) is 10.5. The lowest BCUT2D eigenvalue weighted by molar-refractivity contribution is 0.111. The van der Waals surface area contributed by atoms with Gasteiger partial charge in [0.15, 0.2) is 6.29 Å². The molecule has 5 heteroatoms. The Morgan fingerprint density at radius 1 is 0.944 bits per heavy atom. The molecule has 1 aliphatic carbocycles. The summed E-state index contributed by atoms with van der Waals surface area (Å²) in [4.78, 5) is 16.1. The molecule has 36 heavy (non-hydrogen) atoms. The minimum atomic E-state index is 0.208. The quantitative estimate of drug-likeness (QED) is 0.277. The van der Waals surface area contributed by atoms with E-state index < -0.39 is 0 Å². The highest BCUT2D eigenvalue weighted by molar-refractivity contribution is 5.84. The number of fused-ring (bicyclic) bond motifs is 1. The zero-order valence-corrected chi connectivity index (χ0v) is 20.2. The molecule has 0 saturated heterocycles. The number of hydrogen-bond acceptors (Lipinski definition) is 5. The Balaban J connectivity index is 1.42. The van der Waals surface area contributed by atoms with Crippen molar-refractivity contribution < 1.29 is 14.3 Å². The Morgan fingerprint density at radius 3 is 2.56 bits per heavy atom. The molecule has 178 valence electrons. The molecule has 5 nitrogen and oxygen atoms in total. The summed E-state index contributed by atoms with van der Waals surface area (Å²) in [7, 11) is 0. The van der Waals surface area contributed by atoms with Crippen LogP contribution in [0.15, 0.2) is 73.1 Å². The van der Waals surface area contributed by atoms with Crippen molar-refractivity contribution in [1.29, 1.82) is 5.26 Å². The molecule has 5 rings (SSSR count). The number of aromatic nitrogens is 1. The van der Waals surface area contributed by atoms with Crippen molar-refractivity contribution in [2.24, 2.45) is 0 Å². The predicted octanol–water partition coefficient (Wildman–Crippen LogP) is 6.39. The molecule has 3 aromatic carbocycles. The van der Waals surface area contributed by atoms with Gasteiger partial charge in [-0.15, -0.1) is 0 Å². The number of ether oxygens (including phenoxy) is 2. The summed E-state index contributed by atoms with van der Waals surface area (Å²) in [5.74, 6) is 1.26. The minimum absolute atomic E-state index is 0.208. The Hall–Kier alpha value is -4.43. The summed E-state index contributed by atoms with van der Waals surface area (Å²) in [6.07, 6.45) is 6.73. The largest absolute Gasteiger partial charge is 0.488 e. The van der Waals surface area contributed by atoms with E-state index >= 15 is 0 Å². The van der Waals surface area contributed by atoms with Gasteiger partial charge in [-0.05, 0) is 65.6 Å². The molecule has 0 fully saturated rings. The van der Waals surface area contributed by atoms with Crippen molar-refractivity contribution in [2.45, 2.75) is 39.4 Å². The van der Waals surface area contributed by atoms with Gasteiger partial charge in [-0.2, -0.15) is 5.26 Å². The third kappa shape index (κ3) is 4.71. The van der Waals surface area contributed by atoms with Crippen LogP contribution < -0.4 is 9.47 Å². The van der Waals surface area contributed by atoms with Gasteiger partial charge in [0.05, 0.1) is 11.1 Å². The number of carbonyl (C=O) groups is 1. The fourth-order valence-corrected chi connectivity index (χ4v) is 4.84. The molecule has 0 unspecified atom stereocenters. The molecule has 4 aromatic rings. The molecule has 1 aliphatic rings. The summed E-state index contributed by atoms with van der Waals surface area (Å²) in [6.45, 7) is 2.76. The first-order valence-corrected chi connectivity index (χ1v) is 12.1. The monoisotopic (exact) mass is 474 g/mol. The van der Waals surface area contributed by atoms with Crippen LogP contribution in [0.25, 0.3) is 11.1 Å². The molecule has 0 bridgehead atoms. The lowest BCUT2D eigenvalue weighted by Crippen LogP contribution is -2.06. The van der Waals surface area contributed by atoms with Crippen molar-refractivity contribution >= 4 is 6.29 Å². The third-order valence-electron chi connectivity index (χ3n) is 6.72. The molecule has 0 saturated carbocycles. The zero-order chi connectivity index (χ0) is 24.9. The second-order valence-corrected chi connectivity index (χ2v) is 8.94. The molecular formula is C31H26N2O3. The maximum Gasteiger partial charge on any atom is 0.154 e. The van der Waals surface area contributed by atoms with Gasteiger partial charge in [0, 0.05) is 24.0 Å². The maximum absolute atomic E-state index is 12.0. The van der Waals surface area contributed by atoms with E-state index in [-0.39, 0.29) is 6.61 Å². The Labute approximate surface area is 211 Å². The number of aldehydes is 1. The summed E-state index contributed by atoms with van der Waals surface area (Å²) in [6, 6.07) is 22.3. The normalized spacial score (nSPS) is 12.0. The van der Waals surface area contributed by atoms with Gasteiger partial charge >= 0.3 is 0 Å². The van der Waals surface area contributed by atoms with Crippen LogP contribution >= 0.6 is 0 Å². The first-order valence-electron chi connectivity index (χ1n) is 12.1. The zero-order valence-electron chi connectivity index (χ0n) is 20.2. The van der Waals surface area contributed by atoms with Crippen molar-refractivity contribution in [3.63, 3.8) is 0 Å². The second-order valence-electron chi connectivity index (χ2n) is 8.94. The van der Waals surface area contributed by atoms with E-state index in [0.29, 0.717) is 23.5 Å². The third-order valence-corrected chi connectivity index (χ3v) is 6.72. The van der Waals surface area contributed by atoms with Gasteiger partial charge in [0.2, 0.25) is 0 Å². The molecule has 0 N–H and O–H groups in total. The van der Waals surface area contributed by atoms with Crippen molar-refractivity contribution in [2.75, 3.05) is 0 Å². The van der Waals surface area contributed by atoms with E-state index in [0.717, 1.165) is 53.6 Å².